The molecule has 0 spiro atoms. The molecule has 0 saturated carbocycles. The summed E-state index contributed by atoms with van der Waals surface area (Å²) in [6, 6.07) is 8.94. The highest BCUT2D eigenvalue weighted by Crippen LogP contribution is 2.50. The largest absolute Gasteiger partial charge is 0.480 e. The number of nitrogens with two attached hydrogens (primary N) is 1. The number of carboxylic acid groups (broad SMARTS) is 1. The molecule has 12 heteroatoms. The molecular weight excluding hydrogens is 484 g/mol. The van der Waals surface area contributed by atoms with Crippen molar-refractivity contribution in [1.29, 1.82) is 0 Å². The third-order valence-corrected chi connectivity index (χ3v) is 7.61. The minimum absolute atomic E-state index is 0.155. The first-order valence-corrected chi connectivity index (χ1v) is 12.1. The Bertz CT molecular complexity index is 1210. The van der Waals surface area contributed by atoms with Crippen molar-refractivity contribution in [3.63, 3.8) is 0 Å². The van der Waals surface area contributed by atoms with Crippen LogP contribution in [0.25, 0.3) is 0 Å². The second kappa shape index (κ2) is 9.97. The molecule has 1 aromatic heterocycles. The summed E-state index contributed by atoms with van der Waals surface area (Å²) in [5.41, 5.74) is 7.06. The zero-order valence-electron chi connectivity index (χ0n) is 19.6. The standard InChI is InChI=1S/C24H26N6O5S/c1-24(2)18(23(34)35)30-21(33)17(22(30)36-24)29-20(32)16(13-6-4-3-5-7-13)28-15(31)12-27-19(25)14-8-10-26-11-9-14/h3-11,16-18,22H,12H2,1-2H3,(H2,25,27)(H,28,31)(H,29,32)(H,34,35)/t16-,17+,18-,22+/m0/s1. The zero-order valence-corrected chi connectivity index (χ0v) is 20.4. The number of carbonyl (C=O) groups is 4. The van der Waals surface area contributed by atoms with Crippen molar-refractivity contribution in [3.8, 4) is 0 Å². The molecule has 3 heterocycles. The average Bonchev–Trinajstić information content (AvgIpc) is 3.13. The van der Waals surface area contributed by atoms with Crippen LogP contribution in [0.2, 0.25) is 0 Å². The molecule has 3 amide bonds. The van der Waals surface area contributed by atoms with Crippen LogP contribution < -0.4 is 16.4 Å². The summed E-state index contributed by atoms with van der Waals surface area (Å²) >= 11 is 1.32. The molecule has 2 saturated heterocycles. The number of β-lactam (4-membered cyclic amide) rings is 1. The molecule has 1 aromatic carbocycles. The van der Waals surface area contributed by atoms with Crippen molar-refractivity contribution in [3.05, 3.63) is 66.0 Å². The predicted octanol–water partition coefficient (Wildman–Crippen LogP) is 0.276. The van der Waals surface area contributed by atoms with E-state index in [0.717, 1.165) is 0 Å². The SMILES string of the molecule is CC1(C)S[C@@H]2[C@H](NC(=O)[C@@H](NC(=O)CN=C(N)c3ccncc3)c3ccccc3)C(=O)N2[C@H]1C(=O)O. The van der Waals surface area contributed by atoms with Gasteiger partial charge in [-0.2, -0.15) is 0 Å². The number of carbonyl (C=O) groups excluding carboxylic acids is 3. The maximum absolute atomic E-state index is 13.3. The van der Waals surface area contributed by atoms with Crippen molar-refractivity contribution >= 4 is 41.3 Å². The van der Waals surface area contributed by atoms with Crippen molar-refractivity contribution in [2.24, 2.45) is 10.7 Å². The van der Waals surface area contributed by atoms with E-state index in [4.69, 9.17) is 5.73 Å². The highest BCUT2D eigenvalue weighted by Gasteiger charge is 2.64. The Kier molecular flexibility index (Phi) is 6.97. The fourth-order valence-corrected chi connectivity index (χ4v) is 5.93. The number of nitrogens with one attached hydrogen (secondary N) is 2. The summed E-state index contributed by atoms with van der Waals surface area (Å²) in [7, 11) is 0. The van der Waals surface area contributed by atoms with Gasteiger partial charge in [0.25, 0.3) is 0 Å². The first kappa shape index (κ1) is 25.2. The predicted molar refractivity (Wildman–Crippen MR) is 133 cm³/mol. The van der Waals surface area contributed by atoms with Crippen LogP contribution in [0, 0.1) is 0 Å². The summed E-state index contributed by atoms with van der Waals surface area (Å²) in [4.78, 5) is 59.7. The Morgan fingerprint density at radius 2 is 1.86 bits per heavy atom. The number of fused-ring (bicyclic) bond motifs is 1. The van der Waals surface area contributed by atoms with Crippen LogP contribution in [0.15, 0.2) is 59.9 Å². The lowest BCUT2D eigenvalue weighted by Crippen LogP contribution is -2.71. The molecule has 11 nitrogen and oxygen atoms in total. The number of aromatic nitrogens is 1. The Morgan fingerprint density at radius 3 is 2.50 bits per heavy atom. The minimum atomic E-state index is -1.09. The van der Waals surface area contributed by atoms with Gasteiger partial charge in [0.05, 0.1) is 0 Å². The van der Waals surface area contributed by atoms with Crippen LogP contribution >= 0.6 is 11.8 Å². The molecule has 0 aliphatic carbocycles. The number of aliphatic imine (C=N–C) groups is 1. The van der Waals surface area contributed by atoms with Gasteiger partial charge in [0.2, 0.25) is 17.7 Å². The summed E-state index contributed by atoms with van der Waals surface area (Å²) < 4.78 is -0.717. The molecule has 2 aliphatic rings. The molecule has 2 fully saturated rings. The molecule has 36 heavy (non-hydrogen) atoms. The Balaban J connectivity index is 1.46. The first-order valence-electron chi connectivity index (χ1n) is 11.2. The van der Waals surface area contributed by atoms with Crippen molar-refractivity contribution in [1.82, 2.24) is 20.5 Å². The third kappa shape index (κ3) is 4.89. The van der Waals surface area contributed by atoms with Gasteiger partial charge in [0.15, 0.2) is 0 Å². The van der Waals surface area contributed by atoms with E-state index < -0.39 is 51.9 Å². The van der Waals surface area contributed by atoms with Gasteiger partial charge in [-0.3, -0.25) is 24.4 Å². The van der Waals surface area contributed by atoms with E-state index >= 15 is 0 Å². The van der Waals surface area contributed by atoms with Gasteiger partial charge >= 0.3 is 5.97 Å². The van der Waals surface area contributed by atoms with Gasteiger partial charge in [-0.15, -0.1) is 11.8 Å². The number of thioether (sulfide) groups is 1. The molecule has 2 aliphatic heterocycles. The van der Waals surface area contributed by atoms with Crippen LogP contribution in [0.3, 0.4) is 0 Å². The quantitative estimate of drug-likeness (QED) is 0.223. The van der Waals surface area contributed by atoms with E-state index in [0.29, 0.717) is 11.1 Å². The van der Waals surface area contributed by atoms with E-state index in [1.165, 1.54) is 16.7 Å². The van der Waals surface area contributed by atoms with Gasteiger partial charge in [-0.1, -0.05) is 30.3 Å². The maximum Gasteiger partial charge on any atom is 0.327 e. The van der Waals surface area contributed by atoms with Crippen LogP contribution in [0.5, 0.6) is 0 Å². The topological polar surface area (TPSA) is 167 Å². The maximum atomic E-state index is 13.3. The minimum Gasteiger partial charge on any atom is -0.480 e. The highest BCUT2D eigenvalue weighted by molar-refractivity contribution is 8.01. The lowest BCUT2D eigenvalue weighted by Gasteiger charge is -2.44. The van der Waals surface area contributed by atoms with Gasteiger partial charge in [-0.25, -0.2) is 4.79 Å². The number of rotatable bonds is 8. The highest BCUT2D eigenvalue weighted by atomic mass is 32.2. The second-order valence-corrected chi connectivity index (χ2v) is 10.7. The molecule has 188 valence electrons. The Hall–Kier alpha value is -3.93. The van der Waals surface area contributed by atoms with E-state index in [9.17, 15) is 24.3 Å². The summed E-state index contributed by atoms with van der Waals surface area (Å²) in [5, 5.41) is 14.4. The number of pyridine rings is 1. The summed E-state index contributed by atoms with van der Waals surface area (Å²) in [6.45, 7) is 3.20. The first-order chi connectivity index (χ1) is 17.1. The van der Waals surface area contributed by atoms with E-state index in [1.807, 2.05) is 0 Å². The molecule has 4 rings (SSSR count). The van der Waals surface area contributed by atoms with Gasteiger partial charge in [-0.05, 0) is 31.5 Å². The normalized spacial score (nSPS) is 23.3. The van der Waals surface area contributed by atoms with Crippen LogP contribution in [-0.4, -0.2) is 73.3 Å². The molecular formula is C24H26N6O5S. The second-order valence-electron chi connectivity index (χ2n) is 8.93. The lowest BCUT2D eigenvalue weighted by atomic mass is 9.95. The fourth-order valence-electron chi connectivity index (χ4n) is 4.31. The average molecular weight is 511 g/mol. The zero-order chi connectivity index (χ0) is 26.0. The number of amidine groups is 1. The van der Waals surface area contributed by atoms with Crippen LogP contribution in [0.4, 0.5) is 0 Å². The smallest absolute Gasteiger partial charge is 0.327 e. The number of carboxylic acids is 1. The Labute approximate surface area is 211 Å². The lowest BCUT2D eigenvalue weighted by molar-refractivity contribution is -0.161. The number of benzene rings is 1. The van der Waals surface area contributed by atoms with E-state index in [1.54, 1.807) is 68.7 Å². The molecule has 0 radical (unpaired) electrons. The molecule has 5 N–H and O–H groups in total. The number of aliphatic carboxylic acids is 1. The monoisotopic (exact) mass is 510 g/mol. The van der Waals surface area contributed by atoms with Crippen LogP contribution in [0.1, 0.15) is 31.0 Å². The number of amides is 3. The van der Waals surface area contributed by atoms with Crippen molar-refractivity contribution in [2.75, 3.05) is 6.54 Å². The van der Waals surface area contributed by atoms with Gasteiger partial charge in [0.1, 0.15) is 35.9 Å². The number of hydrogen-bond acceptors (Lipinski definition) is 7. The molecule has 2 aromatic rings. The van der Waals surface area contributed by atoms with E-state index in [2.05, 4.69) is 20.6 Å². The molecule has 4 atom stereocenters. The molecule has 0 unspecified atom stereocenters. The number of nitrogens with zero attached hydrogens (tertiary/aromatic N) is 3. The third-order valence-electron chi connectivity index (χ3n) is 6.04. The summed E-state index contributed by atoms with van der Waals surface area (Å²) in [6.07, 6.45) is 3.11. The van der Waals surface area contributed by atoms with E-state index in [-0.39, 0.29) is 12.4 Å². The van der Waals surface area contributed by atoms with Gasteiger partial charge < -0.3 is 26.4 Å². The van der Waals surface area contributed by atoms with Gasteiger partial charge in [0, 0.05) is 22.7 Å². The Morgan fingerprint density at radius 1 is 1.19 bits per heavy atom. The summed E-state index contributed by atoms with van der Waals surface area (Å²) in [5.74, 6) is -2.53. The van der Waals surface area contributed by atoms with Crippen molar-refractivity contribution < 1.29 is 24.3 Å². The van der Waals surface area contributed by atoms with Crippen molar-refractivity contribution in [2.45, 2.75) is 42.1 Å². The molecule has 0 bridgehead atoms. The van der Waals surface area contributed by atoms with Crippen LogP contribution in [-0.2, 0) is 19.2 Å². The fraction of sp³-hybridized carbons (Fsp3) is 0.333. The number of hydrogen-bond donors (Lipinski definition) is 4.